The van der Waals surface area contributed by atoms with Crippen LogP contribution in [0.1, 0.15) is 35.8 Å². The molecular weight excluding hydrogens is 274 g/mol. The molecule has 1 unspecified atom stereocenters. The van der Waals surface area contributed by atoms with Crippen LogP contribution in [-0.4, -0.2) is 34.4 Å². The summed E-state index contributed by atoms with van der Waals surface area (Å²) in [6.07, 6.45) is 3.33. The van der Waals surface area contributed by atoms with Crippen LogP contribution >= 0.6 is 0 Å². The van der Waals surface area contributed by atoms with E-state index in [0.717, 1.165) is 12.1 Å². The van der Waals surface area contributed by atoms with Gasteiger partial charge in [-0.25, -0.2) is 0 Å². The SMILES string of the molecule is CC1(C)CN(C(=O)c2ccncc2)C(c2ccccc2)CN1. The van der Waals surface area contributed by atoms with E-state index in [1.807, 2.05) is 23.1 Å². The van der Waals surface area contributed by atoms with Gasteiger partial charge in [0.2, 0.25) is 0 Å². The highest BCUT2D eigenvalue weighted by Gasteiger charge is 2.36. The molecule has 22 heavy (non-hydrogen) atoms. The first kappa shape index (κ1) is 14.7. The van der Waals surface area contributed by atoms with Crippen LogP contribution in [0.25, 0.3) is 0 Å². The van der Waals surface area contributed by atoms with Crippen molar-refractivity contribution in [2.75, 3.05) is 13.1 Å². The number of amides is 1. The lowest BCUT2D eigenvalue weighted by Crippen LogP contribution is -2.59. The molecule has 1 aliphatic rings. The van der Waals surface area contributed by atoms with Gasteiger partial charge < -0.3 is 10.2 Å². The van der Waals surface area contributed by atoms with Crippen LogP contribution in [0.4, 0.5) is 0 Å². The van der Waals surface area contributed by atoms with E-state index >= 15 is 0 Å². The van der Waals surface area contributed by atoms with Gasteiger partial charge in [0.05, 0.1) is 6.04 Å². The predicted octanol–water partition coefficient (Wildman–Crippen LogP) is 2.65. The number of aromatic nitrogens is 1. The molecule has 0 saturated carbocycles. The fraction of sp³-hybridized carbons (Fsp3) is 0.333. The van der Waals surface area contributed by atoms with Gasteiger partial charge in [-0.2, -0.15) is 0 Å². The zero-order valence-corrected chi connectivity index (χ0v) is 13.0. The third kappa shape index (κ3) is 3.02. The van der Waals surface area contributed by atoms with Crippen LogP contribution in [0.2, 0.25) is 0 Å². The fourth-order valence-corrected chi connectivity index (χ4v) is 2.92. The summed E-state index contributed by atoms with van der Waals surface area (Å²) in [5.41, 5.74) is 1.76. The number of carbonyl (C=O) groups excluding carboxylic acids is 1. The van der Waals surface area contributed by atoms with Crippen molar-refractivity contribution in [1.29, 1.82) is 0 Å². The monoisotopic (exact) mass is 295 g/mol. The minimum atomic E-state index is -0.0893. The summed E-state index contributed by atoms with van der Waals surface area (Å²) in [7, 11) is 0. The first-order valence-corrected chi connectivity index (χ1v) is 7.58. The standard InChI is InChI=1S/C18H21N3O/c1-18(2)13-21(17(22)15-8-10-19-11-9-15)16(12-20-18)14-6-4-3-5-7-14/h3-11,16,20H,12-13H2,1-2H3. The Labute approximate surface area is 131 Å². The number of nitrogens with zero attached hydrogens (tertiary/aromatic N) is 2. The lowest BCUT2D eigenvalue weighted by molar-refractivity contribution is 0.0501. The van der Waals surface area contributed by atoms with Crippen molar-refractivity contribution in [2.45, 2.75) is 25.4 Å². The quantitative estimate of drug-likeness (QED) is 0.926. The highest BCUT2D eigenvalue weighted by atomic mass is 16.2. The Morgan fingerprint density at radius 3 is 2.55 bits per heavy atom. The molecule has 1 amide bonds. The molecule has 4 nitrogen and oxygen atoms in total. The highest BCUT2D eigenvalue weighted by molar-refractivity contribution is 5.94. The Bertz CT molecular complexity index is 640. The summed E-state index contributed by atoms with van der Waals surface area (Å²) in [6.45, 7) is 5.68. The van der Waals surface area contributed by atoms with Gasteiger partial charge in [-0.3, -0.25) is 9.78 Å². The Hall–Kier alpha value is -2.20. The Kier molecular flexibility index (Phi) is 3.94. The van der Waals surface area contributed by atoms with Crippen LogP contribution in [0, 0.1) is 0 Å². The predicted molar refractivity (Wildman–Crippen MR) is 86.5 cm³/mol. The maximum Gasteiger partial charge on any atom is 0.254 e. The molecule has 1 N–H and O–H groups in total. The molecule has 0 spiro atoms. The van der Waals surface area contributed by atoms with E-state index in [9.17, 15) is 4.79 Å². The van der Waals surface area contributed by atoms with Crippen molar-refractivity contribution in [2.24, 2.45) is 0 Å². The summed E-state index contributed by atoms with van der Waals surface area (Å²) < 4.78 is 0. The molecule has 1 aliphatic heterocycles. The van der Waals surface area contributed by atoms with E-state index in [2.05, 4.69) is 36.3 Å². The maximum atomic E-state index is 12.9. The van der Waals surface area contributed by atoms with Gasteiger partial charge >= 0.3 is 0 Å². The number of hydrogen-bond acceptors (Lipinski definition) is 3. The van der Waals surface area contributed by atoms with Gasteiger partial charge in [-0.05, 0) is 31.5 Å². The Morgan fingerprint density at radius 1 is 1.18 bits per heavy atom. The summed E-state index contributed by atoms with van der Waals surface area (Å²) in [5, 5.41) is 3.54. The first-order valence-electron chi connectivity index (χ1n) is 7.58. The fourth-order valence-electron chi connectivity index (χ4n) is 2.92. The second-order valence-corrected chi connectivity index (χ2v) is 6.36. The van der Waals surface area contributed by atoms with Crippen LogP contribution in [-0.2, 0) is 0 Å². The topological polar surface area (TPSA) is 45.2 Å². The van der Waals surface area contributed by atoms with E-state index < -0.39 is 0 Å². The van der Waals surface area contributed by atoms with Crippen molar-refractivity contribution >= 4 is 5.91 Å². The molecule has 1 atom stereocenters. The maximum absolute atomic E-state index is 12.9. The Morgan fingerprint density at radius 2 is 1.86 bits per heavy atom. The van der Waals surface area contributed by atoms with Crippen molar-refractivity contribution in [3.8, 4) is 0 Å². The average Bonchev–Trinajstić information content (AvgIpc) is 2.55. The van der Waals surface area contributed by atoms with Gasteiger partial charge in [0.25, 0.3) is 5.91 Å². The molecule has 2 aromatic rings. The van der Waals surface area contributed by atoms with Crippen molar-refractivity contribution in [3.05, 3.63) is 66.0 Å². The number of nitrogens with one attached hydrogen (secondary N) is 1. The number of piperazine rings is 1. The van der Waals surface area contributed by atoms with E-state index in [1.165, 1.54) is 0 Å². The van der Waals surface area contributed by atoms with E-state index in [4.69, 9.17) is 0 Å². The molecule has 0 bridgehead atoms. The van der Waals surface area contributed by atoms with Crippen molar-refractivity contribution in [1.82, 2.24) is 15.2 Å². The van der Waals surface area contributed by atoms with E-state index in [0.29, 0.717) is 12.1 Å². The molecule has 4 heteroatoms. The number of benzene rings is 1. The van der Waals surface area contributed by atoms with Gasteiger partial charge in [0.1, 0.15) is 0 Å². The molecule has 3 rings (SSSR count). The van der Waals surface area contributed by atoms with Crippen molar-refractivity contribution in [3.63, 3.8) is 0 Å². The van der Waals surface area contributed by atoms with E-state index in [-0.39, 0.29) is 17.5 Å². The second-order valence-electron chi connectivity index (χ2n) is 6.36. The highest BCUT2D eigenvalue weighted by Crippen LogP contribution is 2.28. The Balaban J connectivity index is 1.93. The van der Waals surface area contributed by atoms with Crippen LogP contribution in [0.15, 0.2) is 54.9 Å². The molecule has 0 aliphatic carbocycles. The average molecular weight is 295 g/mol. The molecular formula is C18H21N3O. The first-order chi connectivity index (χ1) is 10.6. The molecule has 0 radical (unpaired) electrons. The van der Waals surface area contributed by atoms with Crippen LogP contribution in [0.3, 0.4) is 0 Å². The number of hydrogen-bond donors (Lipinski definition) is 1. The van der Waals surface area contributed by atoms with Gasteiger partial charge in [0.15, 0.2) is 0 Å². The van der Waals surface area contributed by atoms with Crippen LogP contribution < -0.4 is 5.32 Å². The third-order valence-corrected chi connectivity index (χ3v) is 4.09. The number of carbonyl (C=O) groups is 1. The van der Waals surface area contributed by atoms with Gasteiger partial charge in [-0.15, -0.1) is 0 Å². The molecule has 1 aromatic carbocycles. The lowest BCUT2D eigenvalue weighted by Gasteiger charge is -2.44. The smallest absolute Gasteiger partial charge is 0.254 e. The summed E-state index contributed by atoms with van der Waals surface area (Å²) in [4.78, 5) is 18.9. The third-order valence-electron chi connectivity index (χ3n) is 4.09. The summed E-state index contributed by atoms with van der Waals surface area (Å²) in [5.74, 6) is 0.0610. The van der Waals surface area contributed by atoms with E-state index in [1.54, 1.807) is 24.5 Å². The van der Waals surface area contributed by atoms with Crippen molar-refractivity contribution < 1.29 is 4.79 Å². The lowest BCUT2D eigenvalue weighted by atomic mass is 9.94. The largest absolute Gasteiger partial charge is 0.328 e. The minimum absolute atomic E-state index is 0.0508. The summed E-state index contributed by atoms with van der Waals surface area (Å²) >= 11 is 0. The molecule has 1 fully saturated rings. The zero-order valence-electron chi connectivity index (χ0n) is 13.0. The molecule has 1 aromatic heterocycles. The zero-order chi connectivity index (χ0) is 15.6. The number of rotatable bonds is 2. The molecule has 2 heterocycles. The minimum Gasteiger partial charge on any atom is -0.328 e. The normalized spacial score (nSPS) is 20.6. The van der Waals surface area contributed by atoms with Crippen LogP contribution in [0.5, 0.6) is 0 Å². The molecule has 1 saturated heterocycles. The van der Waals surface area contributed by atoms with Gasteiger partial charge in [0, 0.05) is 36.6 Å². The number of pyridine rings is 1. The molecule has 114 valence electrons. The second kappa shape index (κ2) is 5.89. The van der Waals surface area contributed by atoms with Gasteiger partial charge in [-0.1, -0.05) is 30.3 Å². The summed E-state index contributed by atoms with van der Waals surface area (Å²) in [6, 6.07) is 13.8.